The van der Waals surface area contributed by atoms with Crippen molar-refractivity contribution in [3.63, 3.8) is 0 Å². The second-order valence-electron chi connectivity index (χ2n) is 5.39. The van der Waals surface area contributed by atoms with Crippen LogP contribution >= 0.6 is 0 Å². The highest BCUT2D eigenvalue weighted by molar-refractivity contribution is 5.96. The number of hydrogen-bond donors (Lipinski definition) is 2. The van der Waals surface area contributed by atoms with Gasteiger partial charge in [-0.3, -0.25) is 9.59 Å². The second kappa shape index (κ2) is 9.32. The first-order chi connectivity index (χ1) is 12.1. The molecule has 0 heterocycles. The molecule has 2 N–H and O–H groups in total. The standard InChI is InChI=1S/C19H21NO5/c1-24-15-10-8-14(9-11-15)13-25-18(22)7-4-12-20-19(23)16-5-2-3-6-17(16)21/h2-3,5-6,8-11,21H,4,7,12-13H2,1H3,(H,20,23). The predicted molar refractivity (Wildman–Crippen MR) is 92.5 cm³/mol. The summed E-state index contributed by atoms with van der Waals surface area (Å²) in [6, 6.07) is 13.6. The molecule has 0 aliphatic heterocycles. The summed E-state index contributed by atoms with van der Waals surface area (Å²) in [4.78, 5) is 23.6. The third kappa shape index (κ3) is 5.84. The first kappa shape index (κ1) is 18.3. The van der Waals surface area contributed by atoms with E-state index in [1.54, 1.807) is 31.4 Å². The average Bonchev–Trinajstić information content (AvgIpc) is 2.64. The number of benzene rings is 2. The SMILES string of the molecule is COc1ccc(COC(=O)CCCNC(=O)c2ccccc2O)cc1. The largest absolute Gasteiger partial charge is 0.507 e. The van der Waals surface area contributed by atoms with E-state index in [1.807, 2.05) is 12.1 Å². The fourth-order valence-electron chi connectivity index (χ4n) is 2.15. The molecule has 0 saturated heterocycles. The summed E-state index contributed by atoms with van der Waals surface area (Å²) in [7, 11) is 1.59. The maximum Gasteiger partial charge on any atom is 0.306 e. The van der Waals surface area contributed by atoms with Gasteiger partial charge in [-0.15, -0.1) is 0 Å². The number of amides is 1. The fourth-order valence-corrected chi connectivity index (χ4v) is 2.15. The molecule has 6 nitrogen and oxygen atoms in total. The van der Waals surface area contributed by atoms with Crippen LogP contribution in [0.25, 0.3) is 0 Å². The Morgan fingerprint density at radius 2 is 1.80 bits per heavy atom. The van der Waals surface area contributed by atoms with Crippen molar-refractivity contribution in [3.8, 4) is 11.5 Å². The molecule has 0 bridgehead atoms. The number of methoxy groups -OCH3 is 1. The molecule has 0 fully saturated rings. The third-order valence-electron chi connectivity index (χ3n) is 3.55. The minimum absolute atomic E-state index is 0.0705. The minimum atomic E-state index is -0.371. The lowest BCUT2D eigenvalue weighted by molar-refractivity contribution is -0.145. The summed E-state index contributed by atoms with van der Waals surface area (Å²) in [5.41, 5.74) is 1.09. The molecule has 0 radical (unpaired) electrons. The van der Waals surface area contributed by atoms with Crippen molar-refractivity contribution in [2.45, 2.75) is 19.4 Å². The number of phenols is 1. The number of nitrogens with one attached hydrogen (secondary N) is 1. The Balaban J connectivity index is 1.65. The van der Waals surface area contributed by atoms with Crippen molar-refractivity contribution >= 4 is 11.9 Å². The van der Waals surface area contributed by atoms with Crippen LogP contribution < -0.4 is 10.1 Å². The van der Waals surface area contributed by atoms with Crippen LogP contribution in [0.5, 0.6) is 11.5 Å². The van der Waals surface area contributed by atoms with E-state index in [1.165, 1.54) is 12.1 Å². The Kier molecular flexibility index (Phi) is 6.83. The van der Waals surface area contributed by atoms with Gasteiger partial charge in [-0.05, 0) is 36.2 Å². The summed E-state index contributed by atoms with van der Waals surface area (Å²) in [5.74, 6) is -0.0218. The van der Waals surface area contributed by atoms with Crippen LogP contribution in [0.15, 0.2) is 48.5 Å². The number of carbonyl (C=O) groups is 2. The molecular formula is C19H21NO5. The van der Waals surface area contributed by atoms with Gasteiger partial charge in [0.05, 0.1) is 12.7 Å². The number of ether oxygens (including phenoxy) is 2. The van der Waals surface area contributed by atoms with Gasteiger partial charge in [-0.2, -0.15) is 0 Å². The van der Waals surface area contributed by atoms with Gasteiger partial charge in [0, 0.05) is 13.0 Å². The number of carbonyl (C=O) groups excluding carboxylic acids is 2. The molecule has 2 aromatic carbocycles. The summed E-state index contributed by atoms with van der Waals surface area (Å²) in [6.07, 6.45) is 0.665. The average molecular weight is 343 g/mol. The molecule has 6 heteroatoms. The van der Waals surface area contributed by atoms with E-state index in [9.17, 15) is 14.7 Å². The van der Waals surface area contributed by atoms with Gasteiger partial charge < -0.3 is 19.9 Å². The van der Waals surface area contributed by atoms with E-state index in [-0.39, 0.29) is 36.2 Å². The Bertz CT molecular complexity index is 712. The monoisotopic (exact) mass is 343 g/mol. The van der Waals surface area contributed by atoms with Crippen LogP contribution in [0, 0.1) is 0 Å². The molecular weight excluding hydrogens is 322 g/mol. The van der Waals surface area contributed by atoms with Gasteiger partial charge in [0.2, 0.25) is 0 Å². The van der Waals surface area contributed by atoms with Crippen molar-refractivity contribution in [2.24, 2.45) is 0 Å². The molecule has 2 aromatic rings. The Labute approximate surface area is 146 Å². The van der Waals surface area contributed by atoms with E-state index < -0.39 is 0 Å². The number of phenolic OH excluding ortho intramolecular Hbond substituents is 1. The van der Waals surface area contributed by atoms with E-state index in [4.69, 9.17) is 9.47 Å². The molecule has 0 atom stereocenters. The van der Waals surface area contributed by atoms with Crippen LogP contribution in [0.4, 0.5) is 0 Å². The molecule has 25 heavy (non-hydrogen) atoms. The number of hydrogen-bond acceptors (Lipinski definition) is 5. The Morgan fingerprint density at radius 1 is 1.08 bits per heavy atom. The molecule has 0 aliphatic rings. The number of aromatic hydroxyl groups is 1. The van der Waals surface area contributed by atoms with Crippen molar-refractivity contribution in [1.82, 2.24) is 5.32 Å². The molecule has 2 rings (SSSR count). The highest BCUT2D eigenvalue weighted by Gasteiger charge is 2.10. The molecule has 0 saturated carbocycles. The second-order valence-corrected chi connectivity index (χ2v) is 5.39. The van der Waals surface area contributed by atoms with Gasteiger partial charge in [-0.1, -0.05) is 24.3 Å². The van der Waals surface area contributed by atoms with Gasteiger partial charge in [-0.25, -0.2) is 0 Å². The summed E-state index contributed by atoms with van der Waals surface area (Å²) in [5, 5.41) is 12.3. The van der Waals surface area contributed by atoms with Crippen LogP contribution in [-0.2, 0) is 16.1 Å². The smallest absolute Gasteiger partial charge is 0.306 e. The first-order valence-electron chi connectivity index (χ1n) is 7.95. The summed E-state index contributed by atoms with van der Waals surface area (Å²) in [6.45, 7) is 0.526. The third-order valence-corrected chi connectivity index (χ3v) is 3.55. The normalized spacial score (nSPS) is 10.1. The van der Waals surface area contributed by atoms with Crippen LogP contribution in [0.2, 0.25) is 0 Å². The topological polar surface area (TPSA) is 84.9 Å². The van der Waals surface area contributed by atoms with Crippen molar-refractivity contribution in [1.29, 1.82) is 0 Å². The van der Waals surface area contributed by atoms with Crippen LogP contribution in [0.3, 0.4) is 0 Å². The van der Waals surface area contributed by atoms with Crippen LogP contribution in [-0.4, -0.2) is 30.6 Å². The minimum Gasteiger partial charge on any atom is -0.507 e. The maximum atomic E-state index is 11.9. The lowest BCUT2D eigenvalue weighted by Gasteiger charge is -2.07. The lowest BCUT2D eigenvalue weighted by Crippen LogP contribution is -2.25. The molecule has 0 aromatic heterocycles. The first-order valence-corrected chi connectivity index (χ1v) is 7.95. The predicted octanol–water partition coefficient (Wildman–Crippen LogP) is 2.65. The van der Waals surface area contributed by atoms with E-state index in [0.29, 0.717) is 13.0 Å². The zero-order chi connectivity index (χ0) is 18.1. The lowest BCUT2D eigenvalue weighted by atomic mass is 10.2. The van der Waals surface area contributed by atoms with E-state index in [0.717, 1.165) is 11.3 Å². The van der Waals surface area contributed by atoms with Crippen molar-refractivity contribution in [2.75, 3.05) is 13.7 Å². The Hall–Kier alpha value is -3.02. The van der Waals surface area contributed by atoms with Gasteiger partial charge in [0.15, 0.2) is 0 Å². The van der Waals surface area contributed by atoms with Gasteiger partial charge in [0.25, 0.3) is 5.91 Å². The molecule has 0 aliphatic carbocycles. The molecule has 0 unspecified atom stereocenters. The van der Waals surface area contributed by atoms with Crippen molar-refractivity contribution < 1.29 is 24.2 Å². The molecule has 0 spiro atoms. The molecule has 132 valence electrons. The van der Waals surface area contributed by atoms with E-state index >= 15 is 0 Å². The van der Waals surface area contributed by atoms with Gasteiger partial charge >= 0.3 is 5.97 Å². The highest BCUT2D eigenvalue weighted by Crippen LogP contribution is 2.15. The van der Waals surface area contributed by atoms with E-state index in [2.05, 4.69) is 5.32 Å². The quantitative estimate of drug-likeness (QED) is 0.568. The number of para-hydroxylation sites is 1. The number of esters is 1. The highest BCUT2D eigenvalue weighted by atomic mass is 16.5. The van der Waals surface area contributed by atoms with Gasteiger partial charge in [0.1, 0.15) is 18.1 Å². The zero-order valence-corrected chi connectivity index (χ0v) is 14.0. The zero-order valence-electron chi connectivity index (χ0n) is 14.0. The fraction of sp³-hybridized carbons (Fsp3) is 0.263. The van der Waals surface area contributed by atoms with Crippen molar-refractivity contribution in [3.05, 3.63) is 59.7 Å². The summed E-state index contributed by atoms with van der Waals surface area (Å²) >= 11 is 0. The Morgan fingerprint density at radius 3 is 2.48 bits per heavy atom. The molecule has 1 amide bonds. The number of rotatable bonds is 8. The maximum absolute atomic E-state index is 11.9. The van der Waals surface area contributed by atoms with Crippen LogP contribution in [0.1, 0.15) is 28.8 Å². The summed E-state index contributed by atoms with van der Waals surface area (Å²) < 4.78 is 10.2.